The molecule has 1 fully saturated rings. The minimum Gasteiger partial charge on any atom is -0.481 e. The molecule has 0 unspecified atom stereocenters. The standard InChI is InChI=1S/C13H26N4O4/c18-12(19)1-6-16-7-4-14-2-3-15-5-8-17(10-9-16)11-13(20)21/h14-15H,1-11H2,(H,18,19)(H,20,21). The molecule has 1 rings (SSSR count). The molecule has 0 amide bonds. The van der Waals surface area contributed by atoms with Gasteiger partial charge in [-0.25, -0.2) is 0 Å². The molecule has 1 saturated heterocycles. The van der Waals surface area contributed by atoms with Gasteiger partial charge in [0.2, 0.25) is 0 Å². The topological polar surface area (TPSA) is 105 Å². The second kappa shape index (κ2) is 10.5. The third-order valence-electron chi connectivity index (χ3n) is 3.42. The smallest absolute Gasteiger partial charge is 0.317 e. The SMILES string of the molecule is O=C(O)CCN1CCNCCNCCN(CC(=O)O)CC1. The molecule has 0 atom stereocenters. The number of hydrogen-bond donors (Lipinski definition) is 4. The predicted molar refractivity (Wildman–Crippen MR) is 78.5 cm³/mol. The Bertz CT molecular complexity index is 327. The van der Waals surface area contributed by atoms with Crippen LogP contribution in [-0.4, -0.2) is 97.4 Å². The summed E-state index contributed by atoms with van der Waals surface area (Å²) in [5.41, 5.74) is 0. The van der Waals surface area contributed by atoms with Gasteiger partial charge in [0.05, 0.1) is 13.0 Å². The first-order valence-corrected chi connectivity index (χ1v) is 7.37. The highest BCUT2D eigenvalue weighted by molar-refractivity contribution is 5.69. The maximum Gasteiger partial charge on any atom is 0.317 e. The van der Waals surface area contributed by atoms with Crippen molar-refractivity contribution >= 4 is 11.9 Å². The Labute approximate surface area is 125 Å². The molecule has 21 heavy (non-hydrogen) atoms. The number of hydrogen-bond acceptors (Lipinski definition) is 6. The van der Waals surface area contributed by atoms with E-state index in [1.165, 1.54) is 0 Å². The molecule has 1 aliphatic rings. The molecule has 0 aromatic heterocycles. The first kappa shape index (κ1) is 17.8. The van der Waals surface area contributed by atoms with E-state index in [-0.39, 0.29) is 13.0 Å². The van der Waals surface area contributed by atoms with Crippen LogP contribution in [0.2, 0.25) is 0 Å². The van der Waals surface area contributed by atoms with Crippen LogP contribution in [0.3, 0.4) is 0 Å². The molecule has 0 spiro atoms. The summed E-state index contributed by atoms with van der Waals surface area (Å²) in [6.07, 6.45) is 0.112. The third-order valence-corrected chi connectivity index (χ3v) is 3.42. The van der Waals surface area contributed by atoms with Gasteiger partial charge in [0.15, 0.2) is 0 Å². The summed E-state index contributed by atoms with van der Waals surface area (Å²) in [4.78, 5) is 25.5. The predicted octanol–water partition coefficient (Wildman–Crippen LogP) is -1.66. The van der Waals surface area contributed by atoms with Crippen LogP contribution in [-0.2, 0) is 9.59 Å². The molecule has 0 bridgehead atoms. The van der Waals surface area contributed by atoms with Crippen molar-refractivity contribution in [2.45, 2.75) is 6.42 Å². The number of rotatable bonds is 5. The van der Waals surface area contributed by atoms with Crippen molar-refractivity contribution in [3.63, 3.8) is 0 Å². The minimum absolute atomic E-state index is 0.0205. The van der Waals surface area contributed by atoms with Gasteiger partial charge in [0.1, 0.15) is 0 Å². The fraction of sp³-hybridized carbons (Fsp3) is 0.846. The van der Waals surface area contributed by atoms with Gasteiger partial charge in [-0.05, 0) is 0 Å². The van der Waals surface area contributed by atoms with Crippen LogP contribution in [0.1, 0.15) is 6.42 Å². The van der Waals surface area contributed by atoms with Crippen molar-refractivity contribution < 1.29 is 19.8 Å². The Hall–Kier alpha value is -1.22. The molecule has 0 saturated carbocycles. The number of carboxylic acid groups (broad SMARTS) is 2. The Kier molecular flexibility index (Phi) is 8.91. The molecule has 8 nitrogen and oxygen atoms in total. The van der Waals surface area contributed by atoms with E-state index in [1.54, 1.807) is 0 Å². The van der Waals surface area contributed by atoms with E-state index in [0.29, 0.717) is 26.2 Å². The maximum atomic E-state index is 10.9. The molecule has 8 heteroatoms. The lowest BCUT2D eigenvalue weighted by Gasteiger charge is -2.27. The van der Waals surface area contributed by atoms with E-state index in [4.69, 9.17) is 10.2 Å². The van der Waals surface area contributed by atoms with E-state index in [9.17, 15) is 9.59 Å². The number of carbonyl (C=O) groups is 2. The molecular formula is C13H26N4O4. The average Bonchev–Trinajstić information content (AvgIpc) is 2.40. The lowest BCUT2D eigenvalue weighted by Crippen LogP contribution is -2.45. The average molecular weight is 302 g/mol. The van der Waals surface area contributed by atoms with E-state index in [0.717, 1.165) is 32.7 Å². The van der Waals surface area contributed by atoms with Crippen molar-refractivity contribution in [3.8, 4) is 0 Å². The normalized spacial score (nSPS) is 20.4. The van der Waals surface area contributed by atoms with Gasteiger partial charge < -0.3 is 25.7 Å². The maximum absolute atomic E-state index is 10.9. The minimum atomic E-state index is -0.833. The first-order chi connectivity index (χ1) is 10.1. The molecule has 4 N–H and O–H groups in total. The summed E-state index contributed by atoms with van der Waals surface area (Å²) >= 11 is 0. The highest BCUT2D eigenvalue weighted by Gasteiger charge is 2.13. The van der Waals surface area contributed by atoms with Gasteiger partial charge in [0, 0.05) is 58.9 Å². The summed E-state index contributed by atoms with van der Waals surface area (Å²) in [6.45, 7) is 6.54. The lowest BCUT2D eigenvalue weighted by molar-refractivity contribution is -0.138. The zero-order valence-electron chi connectivity index (χ0n) is 12.4. The van der Waals surface area contributed by atoms with Gasteiger partial charge in [-0.3, -0.25) is 14.5 Å². The second-order valence-electron chi connectivity index (χ2n) is 5.16. The summed E-state index contributed by atoms with van der Waals surface area (Å²) in [6, 6.07) is 0. The molecule has 0 aromatic carbocycles. The summed E-state index contributed by atoms with van der Waals surface area (Å²) < 4.78 is 0. The Morgan fingerprint density at radius 1 is 0.810 bits per heavy atom. The van der Waals surface area contributed by atoms with Crippen molar-refractivity contribution in [1.82, 2.24) is 20.4 Å². The molecule has 0 aliphatic carbocycles. The van der Waals surface area contributed by atoms with Crippen molar-refractivity contribution in [2.24, 2.45) is 0 Å². The van der Waals surface area contributed by atoms with Crippen LogP contribution in [0.5, 0.6) is 0 Å². The largest absolute Gasteiger partial charge is 0.481 e. The van der Waals surface area contributed by atoms with Gasteiger partial charge in [-0.15, -0.1) is 0 Å². The van der Waals surface area contributed by atoms with E-state index in [1.807, 2.05) is 4.90 Å². The van der Waals surface area contributed by atoms with Gasteiger partial charge in [0.25, 0.3) is 0 Å². The monoisotopic (exact) mass is 302 g/mol. The van der Waals surface area contributed by atoms with Gasteiger partial charge in [-0.1, -0.05) is 0 Å². The first-order valence-electron chi connectivity index (χ1n) is 7.37. The number of carboxylic acids is 2. The van der Waals surface area contributed by atoms with Crippen molar-refractivity contribution in [1.29, 1.82) is 0 Å². The van der Waals surface area contributed by atoms with E-state index < -0.39 is 11.9 Å². The number of aliphatic carboxylic acids is 2. The number of nitrogens with one attached hydrogen (secondary N) is 2. The van der Waals surface area contributed by atoms with Gasteiger partial charge >= 0.3 is 11.9 Å². The Morgan fingerprint density at radius 2 is 1.38 bits per heavy atom. The van der Waals surface area contributed by atoms with Crippen molar-refractivity contribution in [3.05, 3.63) is 0 Å². The molecule has 0 radical (unpaired) electrons. The summed E-state index contributed by atoms with van der Waals surface area (Å²) in [5, 5.41) is 24.3. The van der Waals surface area contributed by atoms with Crippen LogP contribution >= 0.6 is 0 Å². The molecule has 1 aliphatic heterocycles. The summed E-state index contributed by atoms with van der Waals surface area (Å²) in [5.74, 6) is -1.64. The molecule has 0 aromatic rings. The highest BCUT2D eigenvalue weighted by Crippen LogP contribution is 1.96. The summed E-state index contributed by atoms with van der Waals surface area (Å²) in [7, 11) is 0. The molecular weight excluding hydrogens is 276 g/mol. The lowest BCUT2D eigenvalue weighted by atomic mass is 10.3. The Balaban J connectivity index is 2.49. The molecule has 1 heterocycles. The quantitative estimate of drug-likeness (QED) is 0.478. The van der Waals surface area contributed by atoms with Crippen LogP contribution < -0.4 is 10.6 Å². The molecule has 122 valence electrons. The second-order valence-corrected chi connectivity index (χ2v) is 5.16. The van der Waals surface area contributed by atoms with Crippen molar-refractivity contribution in [2.75, 3.05) is 65.4 Å². The fourth-order valence-corrected chi connectivity index (χ4v) is 2.23. The number of nitrogens with zero attached hydrogens (tertiary/aromatic N) is 2. The highest BCUT2D eigenvalue weighted by atomic mass is 16.4. The Morgan fingerprint density at radius 3 is 1.95 bits per heavy atom. The van der Waals surface area contributed by atoms with Gasteiger partial charge in [-0.2, -0.15) is 0 Å². The zero-order valence-corrected chi connectivity index (χ0v) is 12.4. The third kappa shape index (κ3) is 9.35. The van der Waals surface area contributed by atoms with E-state index >= 15 is 0 Å². The van der Waals surface area contributed by atoms with E-state index in [2.05, 4.69) is 15.5 Å². The fourth-order valence-electron chi connectivity index (χ4n) is 2.23. The van der Waals surface area contributed by atoms with Crippen LogP contribution in [0.4, 0.5) is 0 Å². The van der Waals surface area contributed by atoms with Crippen LogP contribution in [0.15, 0.2) is 0 Å². The van der Waals surface area contributed by atoms with Crippen LogP contribution in [0.25, 0.3) is 0 Å². The zero-order chi connectivity index (χ0) is 15.5. The van der Waals surface area contributed by atoms with Crippen LogP contribution in [0, 0.1) is 0 Å².